The van der Waals surface area contributed by atoms with Crippen molar-refractivity contribution in [3.8, 4) is 11.5 Å². The van der Waals surface area contributed by atoms with Crippen LogP contribution in [0.1, 0.15) is 16.7 Å². The first-order valence-corrected chi connectivity index (χ1v) is 12.0. The molecule has 35 heavy (non-hydrogen) atoms. The Labute approximate surface area is 217 Å². The zero-order valence-electron chi connectivity index (χ0n) is 18.9. The lowest BCUT2D eigenvalue weighted by Gasteiger charge is -2.12. The fourth-order valence-corrected chi connectivity index (χ4v) is 4.20. The summed E-state index contributed by atoms with van der Waals surface area (Å²) in [7, 11) is 1.61. The molecule has 6 nitrogen and oxygen atoms in total. The van der Waals surface area contributed by atoms with Crippen LogP contribution < -0.4 is 14.8 Å². The third kappa shape index (κ3) is 6.97. The van der Waals surface area contributed by atoms with Crippen LogP contribution in [0, 0.1) is 0 Å². The minimum Gasteiger partial charge on any atom is -0.496 e. The predicted octanol–water partition coefficient (Wildman–Crippen LogP) is 6.59. The van der Waals surface area contributed by atoms with Gasteiger partial charge < -0.3 is 14.8 Å². The monoisotopic (exact) mass is 551 g/mol. The minimum atomic E-state index is -0.247. The number of carbonyl (C=O) groups is 1. The summed E-state index contributed by atoms with van der Waals surface area (Å²) in [5.41, 5.74) is 3.46. The van der Waals surface area contributed by atoms with Crippen LogP contribution in [0.25, 0.3) is 6.08 Å². The van der Waals surface area contributed by atoms with Crippen LogP contribution in [-0.4, -0.2) is 22.8 Å². The lowest BCUT2D eigenvalue weighted by atomic mass is 10.1. The number of hydrogen-bond donors (Lipinski definition) is 1. The van der Waals surface area contributed by atoms with Crippen LogP contribution in [0.15, 0.2) is 89.7 Å². The molecule has 0 saturated carbocycles. The molecule has 0 aliphatic rings. The molecule has 4 aromatic rings. The van der Waals surface area contributed by atoms with Crippen LogP contribution in [-0.2, 0) is 17.9 Å². The lowest BCUT2D eigenvalue weighted by Crippen LogP contribution is -2.07. The summed E-state index contributed by atoms with van der Waals surface area (Å²) in [5.74, 6) is 1.12. The van der Waals surface area contributed by atoms with E-state index in [1.807, 2.05) is 48.5 Å². The fourth-order valence-electron chi connectivity index (χ4n) is 3.40. The lowest BCUT2D eigenvalue weighted by molar-refractivity contribution is -0.111. The summed E-state index contributed by atoms with van der Waals surface area (Å²) in [5, 5.41) is 7.77. The molecule has 178 valence electrons. The number of nitrogens with one attached hydrogen (secondary N) is 1. The van der Waals surface area contributed by atoms with E-state index in [0.717, 1.165) is 21.2 Å². The summed E-state index contributed by atoms with van der Waals surface area (Å²) in [6, 6.07) is 21.0. The number of ether oxygens (including phenoxy) is 2. The van der Waals surface area contributed by atoms with Crippen molar-refractivity contribution in [2.45, 2.75) is 13.2 Å². The number of methoxy groups -OCH3 is 1. The van der Waals surface area contributed by atoms with Gasteiger partial charge in [-0.15, -0.1) is 0 Å². The first-order valence-electron chi connectivity index (χ1n) is 10.8. The van der Waals surface area contributed by atoms with Crippen molar-refractivity contribution in [1.82, 2.24) is 9.78 Å². The Morgan fingerprint density at radius 1 is 1.11 bits per heavy atom. The van der Waals surface area contributed by atoms with Crippen LogP contribution in [0.5, 0.6) is 11.5 Å². The van der Waals surface area contributed by atoms with Crippen molar-refractivity contribution >= 4 is 45.2 Å². The number of hydrogen-bond acceptors (Lipinski definition) is 4. The molecule has 1 amide bonds. The van der Waals surface area contributed by atoms with Crippen LogP contribution in [0.4, 0.5) is 5.69 Å². The van der Waals surface area contributed by atoms with Gasteiger partial charge in [-0.3, -0.25) is 9.48 Å². The average Bonchev–Trinajstić information content (AvgIpc) is 3.29. The van der Waals surface area contributed by atoms with E-state index in [4.69, 9.17) is 21.1 Å². The number of carbonyl (C=O) groups excluding carboxylic acids is 1. The minimum absolute atomic E-state index is 0.247. The van der Waals surface area contributed by atoms with E-state index in [2.05, 4.69) is 26.3 Å². The standard InChI is InChI=1S/C27H23BrClN3O3/c1-34-25-10-7-19(13-21(25)18-35-26-11-9-22(29)14-24(26)28)8-12-27(33)31-23-15-30-32(17-23)16-20-5-3-2-4-6-20/h2-15,17H,16,18H2,1H3,(H,31,33)/b12-8+. The second kappa shape index (κ2) is 11.7. The third-order valence-corrected chi connectivity index (χ3v) is 5.95. The summed E-state index contributed by atoms with van der Waals surface area (Å²) in [6.45, 7) is 0.924. The normalized spacial score (nSPS) is 10.9. The number of nitrogens with zero attached hydrogens (tertiary/aromatic N) is 2. The number of halogens is 2. The molecule has 0 aliphatic heterocycles. The van der Waals surface area contributed by atoms with Gasteiger partial charge in [-0.05, 0) is 63.5 Å². The van der Waals surface area contributed by atoms with Crippen molar-refractivity contribution in [2.24, 2.45) is 0 Å². The molecule has 0 unspecified atom stereocenters. The quantitative estimate of drug-likeness (QED) is 0.238. The number of anilines is 1. The van der Waals surface area contributed by atoms with Gasteiger partial charge in [0.2, 0.25) is 5.91 Å². The first-order chi connectivity index (χ1) is 17.0. The van der Waals surface area contributed by atoms with Gasteiger partial charge in [0.05, 0.1) is 30.0 Å². The second-order valence-electron chi connectivity index (χ2n) is 7.67. The summed E-state index contributed by atoms with van der Waals surface area (Å²) in [6.07, 6.45) is 6.66. The van der Waals surface area contributed by atoms with Crippen molar-refractivity contribution in [3.05, 3.63) is 111 Å². The second-order valence-corrected chi connectivity index (χ2v) is 8.96. The molecule has 0 bridgehead atoms. The third-order valence-electron chi connectivity index (χ3n) is 5.10. The average molecular weight is 553 g/mol. The molecule has 0 fully saturated rings. The van der Waals surface area contributed by atoms with Gasteiger partial charge in [-0.2, -0.15) is 5.10 Å². The summed E-state index contributed by atoms with van der Waals surface area (Å²) in [4.78, 5) is 12.4. The molecule has 0 atom stereocenters. The molecular weight excluding hydrogens is 530 g/mol. The maximum atomic E-state index is 12.4. The van der Waals surface area contributed by atoms with E-state index in [0.29, 0.717) is 28.8 Å². The highest BCUT2D eigenvalue weighted by atomic mass is 79.9. The number of aromatic nitrogens is 2. The Kier molecular flexibility index (Phi) is 8.23. The molecule has 0 radical (unpaired) electrons. The van der Waals surface area contributed by atoms with E-state index >= 15 is 0 Å². The molecule has 1 aromatic heterocycles. The first kappa shape index (κ1) is 24.6. The largest absolute Gasteiger partial charge is 0.496 e. The Bertz CT molecular complexity index is 1340. The van der Waals surface area contributed by atoms with E-state index in [1.165, 1.54) is 6.08 Å². The topological polar surface area (TPSA) is 65.4 Å². The van der Waals surface area contributed by atoms with Crippen LogP contribution in [0.2, 0.25) is 5.02 Å². The molecule has 8 heteroatoms. The van der Waals surface area contributed by atoms with E-state index in [9.17, 15) is 4.79 Å². The molecular formula is C27H23BrClN3O3. The van der Waals surface area contributed by atoms with Gasteiger partial charge in [0.1, 0.15) is 18.1 Å². The van der Waals surface area contributed by atoms with Crippen molar-refractivity contribution in [3.63, 3.8) is 0 Å². The molecule has 3 aromatic carbocycles. The predicted molar refractivity (Wildman–Crippen MR) is 142 cm³/mol. The Morgan fingerprint density at radius 3 is 2.69 bits per heavy atom. The number of benzene rings is 3. The Morgan fingerprint density at radius 2 is 1.91 bits per heavy atom. The molecule has 1 N–H and O–H groups in total. The van der Waals surface area contributed by atoms with E-state index in [-0.39, 0.29) is 12.5 Å². The summed E-state index contributed by atoms with van der Waals surface area (Å²) >= 11 is 9.45. The number of rotatable bonds is 9. The maximum absolute atomic E-state index is 12.4. The molecule has 1 heterocycles. The highest BCUT2D eigenvalue weighted by Crippen LogP contribution is 2.30. The van der Waals surface area contributed by atoms with Crippen molar-refractivity contribution in [1.29, 1.82) is 0 Å². The van der Waals surface area contributed by atoms with Gasteiger partial charge in [0.15, 0.2) is 0 Å². The van der Waals surface area contributed by atoms with Crippen molar-refractivity contribution < 1.29 is 14.3 Å². The highest BCUT2D eigenvalue weighted by molar-refractivity contribution is 9.10. The van der Waals surface area contributed by atoms with E-state index in [1.54, 1.807) is 48.5 Å². The Balaban J connectivity index is 1.38. The smallest absolute Gasteiger partial charge is 0.248 e. The molecule has 0 saturated heterocycles. The molecule has 0 spiro atoms. The van der Waals surface area contributed by atoms with Gasteiger partial charge >= 0.3 is 0 Å². The zero-order valence-corrected chi connectivity index (χ0v) is 21.3. The molecule has 0 aliphatic carbocycles. The SMILES string of the molecule is COc1ccc(/C=C/C(=O)Nc2cnn(Cc3ccccc3)c2)cc1COc1ccc(Cl)cc1Br. The van der Waals surface area contributed by atoms with Crippen LogP contribution in [0.3, 0.4) is 0 Å². The Hall–Kier alpha value is -3.55. The fraction of sp³-hybridized carbons (Fsp3) is 0.111. The van der Waals surface area contributed by atoms with E-state index < -0.39 is 0 Å². The zero-order chi connectivity index (χ0) is 24.6. The molecule has 4 rings (SSSR count). The summed E-state index contributed by atoms with van der Waals surface area (Å²) < 4.78 is 13.9. The van der Waals surface area contributed by atoms with Crippen molar-refractivity contribution in [2.75, 3.05) is 12.4 Å². The highest BCUT2D eigenvalue weighted by Gasteiger charge is 2.08. The maximum Gasteiger partial charge on any atom is 0.248 e. The van der Waals surface area contributed by atoms with Gasteiger partial charge in [-0.1, -0.05) is 48.0 Å². The van der Waals surface area contributed by atoms with Gasteiger partial charge in [-0.25, -0.2) is 0 Å². The number of amides is 1. The van der Waals surface area contributed by atoms with Gasteiger partial charge in [0.25, 0.3) is 0 Å². The van der Waals surface area contributed by atoms with Gasteiger partial charge in [0, 0.05) is 22.9 Å². The van der Waals surface area contributed by atoms with Crippen LogP contribution >= 0.6 is 27.5 Å².